The first-order valence-electron chi connectivity index (χ1n) is 6.20. The molecule has 0 spiro atoms. The van der Waals surface area contributed by atoms with Crippen LogP contribution in [0.4, 0.5) is 5.69 Å². The Balaban J connectivity index is 2.09. The van der Waals surface area contributed by atoms with Crippen molar-refractivity contribution in [2.45, 2.75) is 20.3 Å². The van der Waals surface area contributed by atoms with Gasteiger partial charge in [0.1, 0.15) is 12.4 Å². The third-order valence-electron chi connectivity index (χ3n) is 2.48. The summed E-state index contributed by atoms with van der Waals surface area (Å²) in [6.07, 6.45) is 1.11. The number of ether oxygens (including phenoxy) is 2. The molecule has 1 aromatic rings. The molecule has 0 unspecified atom stereocenters. The molecule has 0 aliphatic carbocycles. The van der Waals surface area contributed by atoms with Crippen LogP contribution in [0.5, 0.6) is 5.75 Å². The monoisotopic (exact) mass is 237 g/mol. The van der Waals surface area contributed by atoms with Gasteiger partial charge in [-0.2, -0.15) is 0 Å². The van der Waals surface area contributed by atoms with Crippen LogP contribution in [0.2, 0.25) is 0 Å². The van der Waals surface area contributed by atoms with Crippen LogP contribution in [-0.4, -0.2) is 26.9 Å². The first kappa shape index (κ1) is 13.8. The molecule has 1 rings (SSSR count). The summed E-state index contributed by atoms with van der Waals surface area (Å²) < 4.78 is 11.0. The van der Waals surface area contributed by atoms with Gasteiger partial charge in [0.2, 0.25) is 0 Å². The third-order valence-corrected chi connectivity index (χ3v) is 2.48. The Morgan fingerprint density at radius 2 is 1.76 bits per heavy atom. The molecule has 1 N–H and O–H groups in total. The number of rotatable bonds is 8. The molecule has 0 bridgehead atoms. The SMILES string of the molecule is CNc1ccc(OCCOCCC(C)C)cc1. The van der Waals surface area contributed by atoms with Crippen molar-refractivity contribution in [3.8, 4) is 5.75 Å². The molecule has 0 atom stereocenters. The van der Waals surface area contributed by atoms with E-state index in [1.165, 1.54) is 0 Å². The van der Waals surface area contributed by atoms with Crippen LogP contribution < -0.4 is 10.1 Å². The molecule has 0 aliphatic rings. The van der Waals surface area contributed by atoms with Crippen LogP contribution in [0.15, 0.2) is 24.3 Å². The van der Waals surface area contributed by atoms with Gasteiger partial charge in [0.25, 0.3) is 0 Å². The molecular weight excluding hydrogens is 214 g/mol. The van der Waals surface area contributed by atoms with E-state index in [-0.39, 0.29) is 0 Å². The van der Waals surface area contributed by atoms with Gasteiger partial charge in [-0.3, -0.25) is 0 Å². The predicted molar refractivity (Wildman–Crippen MR) is 71.8 cm³/mol. The van der Waals surface area contributed by atoms with Gasteiger partial charge in [0, 0.05) is 19.3 Å². The molecule has 3 nitrogen and oxygen atoms in total. The van der Waals surface area contributed by atoms with E-state index >= 15 is 0 Å². The summed E-state index contributed by atoms with van der Waals surface area (Å²) in [7, 11) is 1.90. The highest BCUT2D eigenvalue weighted by Crippen LogP contribution is 2.14. The Bertz CT molecular complexity index is 296. The predicted octanol–water partition coefficient (Wildman–Crippen LogP) is 3.17. The maximum atomic E-state index is 5.56. The average Bonchev–Trinajstić information content (AvgIpc) is 2.34. The molecule has 0 aromatic heterocycles. The van der Waals surface area contributed by atoms with E-state index in [4.69, 9.17) is 9.47 Å². The zero-order valence-corrected chi connectivity index (χ0v) is 11.0. The van der Waals surface area contributed by atoms with Crippen molar-refractivity contribution in [3.05, 3.63) is 24.3 Å². The Kier molecular flexibility index (Phi) is 6.48. The maximum Gasteiger partial charge on any atom is 0.119 e. The lowest BCUT2D eigenvalue weighted by Gasteiger charge is -2.08. The highest BCUT2D eigenvalue weighted by Gasteiger charge is 1.96. The van der Waals surface area contributed by atoms with E-state index in [1.807, 2.05) is 31.3 Å². The minimum Gasteiger partial charge on any atom is -0.491 e. The fourth-order valence-corrected chi connectivity index (χ4v) is 1.36. The van der Waals surface area contributed by atoms with Crippen molar-refractivity contribution < 1.29 is 9.47 Å². The van der Waals surface area contributed by atoms with Gasteiger partial charge in [-0.25, -0.2) is 0 Å². The first-order chi connectivity index (χ1) is 8.22. The molecule has 1 aromatic carbocycles. The molecule has 0 amide bonds. The molecule has 0 heterocycles. The number of benzene rings is 1. The van der Waals surface area contributed by atoms with E-state index in [0.29, 0.717) is 19.1 Å². The van der Waals surface area contributed by atoms with Crippen LogP contribution >= 0.6 is 0 Å². The molecule has 0 saturated carbocycles. The van der Waals surface area contributed by atoms with Crippen LogP contribution in [0.3, 0.4) is 0 Å². The van der Waals surface area contributed by atoms with Gasteiger partial charge >= 0.3 is 0 Å². The molecule has 96 valence electrons. The second kappa shape index (κ2) is 7.96. The summed E-state index contributed by atoms with van der Waals surface area (Å²) in [5, 5.41) is 3.07. The van der Waals surface area contributed by atoms with Gasteiger partial charge in [-0.15, -0.1) is 0 Å². The van der Waals surface area contributed by atoms with Crippen LogP contribution in [0.1, 0.15) is 20.3 Å². The number of anilines is 1. The second-order valence-electron chi connectivity index (χ2n) is 4.42. The van der Waals surface area contributed by atoms with E-state index in [1.54, 1.807) is 0 Å². The number of hydrogen-bond acceptors (Lipinski definition) is 3. The number of hydrogen-bond donors (Lipinski definition) is 1. The molecule has 0 saturated heterocycles. The van der Waals surface area contributed by atoms with Gasteiger partial charge in [-0.05, 0) is 36.6 Å². The van der Waals surface area contributed by atoms with Crippen molar-refractivity contribution in [1.29, 1.82) is 0 Å². The molecule has 0 radical (unpaired) electrons. The second-order valence-corrected chi connectivity index (χ2v) is 4.42. The average molecular weight is 237 g/mol. The standard InChI is InChI=1S/C14H23NO2/c1-12(2)8-9-16-10-11-17-14-6-4-13(15-3)5-7-14/h4-7,12,15H,8-11H2,1-3H3. The Morgan fingerprint density at radius 3 is 2.35 bits per heavy atom. The smallest absolute Gasteiger partial charge is 0.119 e. The lowest BCUT2D eigenvalue weighted by molar-refractivity contribution is 0.0926. The van der Waals surface area contributed by atoms with Crippen molar-refractivity contribution in [1.82, 2.24) is 0 Å². The minimum absolute atomic E-state index is 0.608. The summed E-state index contributed by atoms with van der Waals surface area (Å²) in [6, 6.07) is 7.91. The van der Waals surface area contributed by atoms with Crippen molar-refractivity contribution in [2.75, 3.05) is 32.2 Å². The number of nitrogens with one attached hydrogen (secondary N) is 1. The quantitative estimate of drug-likeness (QED) is 0.704. The summed E-state index contributed by atoms with van der Waals surface area (Å²) >= 11 is 0. The van der Waals surface area contributed by atoms with E-state index in [0.717, 1.165) is 24.5 Å². The van der Waals surface area contributed by atoms with Gasteiger partial charge < -0.3 is 14.8 Å². The van der Waals surface area contributed by atoms with E-state index in [2.05, 4.69) is 19.2 Å². The Hall–Kier alpha value is -1.22. The largest absolute Gasteiger partial charge is 0.491 e. The fraction of sp³-hybridized carbons (Fsp3) is 0.571. The lowest BCUT2D eigenvalue weighted by Crippen LogP contribution is -2.08. The van der Waals surface area contributed by atoms with Gasteiger partial charge in [-0.1, -0.05) is 13.8 Å². The maximum absolute atomic E-state index is 5.56. The third kappa shape index (κ3) is 6.17. The van der Waals surface area contributed by atoms with E-state index in [9.17, 15) is 0 Å². The molecule has 17 heavy (non-hydrogen) atoms. The van der Waals surface area contributed by atoms with Crippen molar-refractivity contribution in [3.63, 3.8) is 0 Å². The first-order valence-corrected chi connectivity index (χ1v) is 6.20. The molecule has 3 heteroatoms. The topological polar surface area (TPSA) is 30.5 Å². The Morgan fingerprint density at radius 1 is 1.06 bits per heavy atom. The highest BCUT2D eigenvalue weighted by atomic mass is 16.5. The molecule has 0 aliphatic heterocycles. The zero-order valence-electron chi connectivity index (χ0n) is 11.0. The fourth-order valence-electron chi connectivity index (χ4n) is 1.36. The summed E-state index contributed by atoms with van der Waals surface area (Å²) in [6.45, 7) is 6.48. The van der Waals surface area contributed by atoms with E-state index < -0.39 is 0 Å². The summed E-state index contributed by atoms with van der Waals surface area (Å²) in [5.74, 6) is 1.58. The van der Waals surface area contributed by atoms with Crippen molar-refractivity contribution >= 4 is 5.69 Å². The summed E-state index contributed by atoms with van der Waals surface area (Å²) in [4.78, 5) is 0. The van der Waals surface area contributed by atoms with Crippen LogP contribution in [0.25, 0.3) is 0 Å². The van der Waals surface area contributed by atoms with Crippen LogP contribution in [0, 0.1) is 5.92 Å². The van der Waals surface area contributed by atoms with Gasteiger partial charge in [0.15, 0.2) is 0 Å². The summed E-state index contributed by atoms with van der Waals surface area (Å²) in [5.41, 5.74) is 1.09. The normalized spacial score (nSPS) is 10.6. The van der Waals surface area contributed by atoms with Crippen molar-refractivity contribution in [2.24, 2.45) is 5.92 Å². The molecular formula is C14H23NO2. The lowest BCUT2D eigenvalue weighted by atomic mass is 10.1. The minimum atomic E-state index is 0.608. The zero-order chi connectivity index (χ0) is 12.5. The molecule has 0 fully saturated rings. The van der Waals surface area contributed by atoms with Crippen LogP contribution in [-0.2, 0) is 4.74 Å². The van der Waals surface area contributed by atoms with Gasteiger partial charge in [0.05, 0.1) is 6.61 Å². The Labute approximate surface area is 104 Å². The highest BCUT2D eigenvalue weighted by molar-refractivity contribution is 5.45.